The van der Waals surface area contributed by atoms with Crippen molar-refractivity contribution in [2.75, 3.05) is 13.1 Å². The van der Waals surface area contributed by atoms with Crippen molar-refractivity contribution in [2.45, 2.75) is 32.6 Å². The SMILES string of the molecule is CC(C)=CC(=O)N1CCC(c2cc(-c3ccncc3)n[nH]2)CC1. The first-order valence-corrected chi connectivity index (χ1v) is 8.03. The van der Waals surface area contributed by atoms with Crippen LogP contribution in [0.5, 0.6) is 0 Å². The third-order valence-corrected chi connectivity index (χ3v) is 4.23. The number of nitrogens with zero attached hydrogens (tertiary/aromatic N) is 3. The Labute approximate surface area is 136 Å². The van der Waals surface area contributed by atoms with Crippen LogP contribution in [0, 0.1) is 0 Å². The highest BCUT2D eigenvalue weighted by Crippen LogP contribution is 2.29. The Hall–Kier alpha value is -2.43. The average molecular weight is 310 g/mol. The number of hydrogen-bond acceptors (Lipinski definition) is 3. The van der Waals surface area contributed by atoms with Crippen LogP contribution in [0.2, 0.25) is 0 Å². The Kier molecular flexibility index (Phi) is 4.55. The fraction of sp³-hybridized carbons (Fsp3) is 0.389. The normalized spacial score (nSPS) is 15.5. The lowest BCUT2D eigenvalue weighted by atomic mass is 9.93. The van der Waals surface area contributed by atoms with Crippen LogP contribution < -0.4 is 0 Å². The first-order valence-electron chi connectivity index (χ1n) is 8.03. The molecule has 1 saturated heterocycles. The van der Waals surface area contributed by atoms with Gasteiger partial charge in [0.25, 0.3) is 0 Å². The van der Waals surface area contributed by atoms with E-state index in [0.29, 0.717) is 5.92 Å². The summed E-state index contributed by atoms with van der Waals surface area (Å²) in [6, 6.07) is 6.04. The highest BCUT2D eigenvalue weighted by Gasteiger charge is 2.24. The number of carbonyl (C=O) groups is 1. The number of allylic oxidation sites excluding steroid dienone is 1. The van der Waals surface area contributed by atoms with Crippen molar-refractivity contribution in [3.8, 4) is 11.3 Å². The second kappa shape index (κ2) is 6.77. The van der Waals surface area contributed by atoms with Crippen molar-refractivity contribution < 1.29 is 4.79 Å². The zero-order valence-electron chi connectivity index (χ0n) is 13.6. The van der Waals surface area contributed by atoms with Crippen LogP contribution in [-0.4, -0.2) is 39.1 Å². The van der Waals surface area contributed by atoms with E-state index in [1.165, 1.54) is 0 Å². The smallest absolute Gasteiger partial charge is 0.246 e. The second-order valence-electron chi connectivity index (χ2n) is 6.27. The number of hydrogen-bond donors (Lipinski definition) is 1. The fourth-order valence-electron chi connectivity index (χ4n) is 2.97. The van der Waals surface area contributed by atoms with Gasteiger partial charge in [-0.15, -0.1) is 0 Å². The lowest BCUT2D eigenvalue weighted by Crippen LogP contribution is -2.37. The third kappa shape index (κ3) is 3.67. The van der Waals surface area contributed by atoms with Gasteiger partial charge < -0.3 is 4.90 Å². The molecule has 1 aliphatic rings. The van der Waals surface area contributed by atoms with Gasteiger partial charge in [-0.3, -0.25) is 14.9 Å². The number of aromatic nitrogens is 3. The summed E-state index contributed by atoms with van der Waals surface area (Å²) in [5.41, 5.74) is 4.22. The van der Waals surface area contributed by atoms with Crippen molar-refractivity contribution in [1.82, 2.24) is 20.1 Å². The maximum absolute atomic E-state index is 12.1. The summed E-state index contributed by atoms with van der Waals surface area (Å²) in [4.78, 5) is 18.0. The molecular weight excluding hydrogens is 288 g/mol. The Morgan fingerprint density at radius 3 is 2.61 bits per heavy atom. The van der Waals surface area contributed by atoms with Gasteiger partial charge in [0, 0.05) is 48.7 Å². The minimum absolute atomic E-state index is 0.130. The molecule has 1 amide bonds. The predicted octanol–water partition coefficient (Wildman–Crippen LogP) is 3.14. The zero-order valence-corrected chi connectivity index (χ0v) is 13.6. The number of nitrogens with one attached hydrogen (secondary N) is 1. The van der Waals surface area contributed by atoms with E-state index in [1.807, 2.05) is 30.9 Å². The van der Waals surface area contributed by atoms with Crippen molar-refractivity contribution in [1.29, 1.82) is 0 Å². The lowest BCUT2D eigenvalue weighted by Gasteiger charge is -2.30. The summed E-state index contributed by atoms with van der Waals surface area (Å²) in [5.74, 6) is 0.569. The Balaban J connectivity index is 1.64. The number of H-pyrrole nitrogens is 1. The molecule has 0 spiro atoms. The van der Waals surface area contributed by atoms with E-state index < -0.39 is 0 Å². The number of aromatic amines is 1. The summed E-state index contributed by atoms with van der Waals surface area (Å²) in [6.45, 7) is 5.51. The van der Waals surface area contributed by atoms with Crippen molar-refractivity contribution >= 4 is 5.91 Å². The zero-order chi connectivity index (χ0) is 16.2. The molecule has 0 saturated carbocycles. The second-order valence-corrected chi connectivity index (χ2v) is 6.27. The van der Waals surface area contributed by atoms with Gasteiger partial charge in [-0.05, 0) is 44.9 Å². The quantitative estimate of drug-likeness (QED) is 0.886. The van der Waals surface area contributed by atoms with E-state index in [9.17, 15) is 4.79 Å². The fourth-order valence-corrected chi connectivity index (χ4v) is 2.97. The highest BCUT2D eigenvalue weighted by atomic mass is 16.2. The van der Waals surface area contributed by atoms with E-state index in [0.717, 1.165) is 48.5 Å². The van der Waals surface area contributed by atoms with Crippen LogP contribution in [0.1, 0.15) is 38.3 Å². The number of carbonyl (C=O) groups excluding carboxylic acids is 1. The number of likely N-dealkylation sites (tertiary alicyclic amines) is 1. The monoisotopic (exact) mass is 310 g/mol. The number of piperidine rings is 1. The average Bonchev–Trinajstić information content (AvgIpc) is 3.05. The Morgan fingerprint density at radius 1 is 1.26 bits per heavy atom. The first-order chi connectivity index (χ1) is 11.1. The molecule has 3 rings (SSSR count). The van der Waals surface area contributed by atoms with Gasteiger partial charge >= 0.3 is 0 Å². The van der Waals surface area contributed by atoms with Crippen LogP contribution >= 0.6 is 0 Å². The molecule has 23 heavy (non-hydrogen) atoms. The molecule has 1 N–H and O–H groups in total. The molecule has 5 nitrogen and oxygen atoms in total. The van der Waals surface area contributed by atoms with E-state index >= 15 is 0 Å². The van der Waals surface area contributed by atoms with E-state index in [-0.39, 0.29) is 5.91 Å². The Morgan fingerprint density at radius 2 is 1.96 bits per heavy atom. The summed E-state index contributed by atoms with van der Waals surface area (Å²) >= 11 is 0. The molecular formula is C18H22N4O. The summed E-state index contributed by atoms with van der Waals surface area (Å²) in [7, 11) is 0. The number of amides is 1. The Bertz CT molecular complexity index is 693. The van der Waals surface area contributed by atoms with Gasteiger partial charge in [0.05, 0.1) is 5.69 Å². The molecule has 1 aliphatic heterocycles. The van der Waals surface area contributed by atoms with Crippen LogP contribution in [0.15, 0.2) is 42.2 Å². The molecule has 5 heteroatoms. The van der Waals surface area contributed by atoms with E-state index in [1.54, 1.807) is 18.5 Å². The van der Waals surface area contributed by atoms with E-state index in [2.05, 4.69) is 21.2 Å². The van der Waals surface area contributed by atoms with Gasteiger partial charge in [0.1, 0.15) is 0 Å². The van der Waals surface area contributed by atoms with Crippen LogP contribution in [0.4, 0.5) is 0 Å². The predicted molar refractivity (Wildman–Crippen MR) is 89.8 cm³/mol. The van der Waals surface area contributed by atoms with Crippen LogP contribution in [0.3, 0.4) is 0 Å². The molecule has 0 aliphatic carbocycles. The molecule has 0 bridgehead atoms. The van der Waals surface area contributed by atoms with Crippen LogP contribution in [-0.2, 0) is 4.79 Å². The van der Waals surface area contributed by atoms with Gasteiger partial charge in [-0.1, -0.05) is 5.57 Å². The molecule has 0 radical (unpaired) electrons. The lowest BCUT2D eigenvalue weighted by molar-refractivity contribution is -0.127. The topological polar surface area (TPSA) is 61.9 Å². The molecule has 120 valence electrons. The van der Waals surface area contributed by atoms with Gasteiger partial charge in [0.15, 0.2) is 0 Å². The van der Waals surface area contributed by atoms with Crippen molar-refractivity contribution in [2.24, 2.45) is 0 Å². The molecule has 2 aromatic heterocycles. The minimum atomic E-state index is 0.130. The van der Waals surface area contributed by atoms with Gasteiger partial charge in [-0.25, -0.2) is 0 Å². The number of rotatable bonds is 3. The minimum Gasteiger partial charge on any atom is -0.339 e. The molecule has 0 unspecified atom stereocenters. The first kappa shape index (κ1) is 15.5. The molecule has 2 aromatic rings. The summed E-state index contributed by atoms with van der Waals surface area (Å²) < 4.78 is 0. The van der Waals surface area contributed by atoms with Crippen molar-refractivity contribution in [3.63, 3.8) is 0 Å². The maximum atomic E-state index is 12.1. The van der Waals surface area contributed by atoms with Gasteiger partial charge in [0.2, 0.25) is 5.91 Å². The highest BCUT2D eigenvalue weighted by molar-refractivity contribution is 5.88. The van der Waals surface area contributed by atoms with Gasteiger partial charge in [-0.2, -0.15) is 5.10 Å². The largest absolute Gasteiger partial charge is 0.339 e. The molecule has 0 aromatic carbocycles. The van der Waals surface area contributed by atoms with E-state index in [4.69, 9.17) is 0 Å². The third-order valence-electron chi connectivity index (χ3n) is 4.23. The number of pyridine rings is 1. The summed E-state index contributed by atoms with van der Waals surface area (Å²) in [6.07, 6.45) is 7.22. The molecule has 1 fully saturated rings. The van der Waals surface area contributed by atoms with Crippen molar-refractivity contribution in [3.05, 3.63) is 47.9 Å². The summed E-state index contributed by atoms with van der Waals surface area (Å²) in [5, 5.41) is 7.58. The standard InChI is InChI=1S/C18H22N4O/c1-13(2)11-18(23)22-9-5-15(6-10-22)17-12-16(20-21-17)14-3-7-19-8-4-14/h3-4,7-8,11-12,15H,5-6,9-10H2,1-2H3,(H,20,21). The van der Waals surface area contributed by atoms with Crippen LogP contribution in [0.25, 0.3) is 11.3 Å². The molecule has 3 heterocycles. The maximum Gasteiger partial charge on any atom is 0.246 e. The molecule has 0 atom stereocenters.